The highest BCUT2D eigenvalue weighted by Gasteiger charge is 2.36. The summed E-state index contributed by atoms with van der Waals surface area (Å²) in [6.45, 7) is 6.36. The van der Waals surface area contributed by atoms with E-state index in [-0.39, 0.29) is 5.82 Å². The van der Waals surface area contributed by atoms with Crippen molar-refractivity contribution >= 4 is 22.4 Å². The van der Waals surface area contributed by atoms with Crippen LogP contribution in [0, 0.1) is 24.6 Å². The average molecular weight is 465 g/mol. The number of pyridine rings is 3. The summed E-state index contributed by atoms with van der Waals surface area (Å²) in [7, 11) is 0. The predicted molar refractivity (Wildman–Crippen MR) is 136 cm³/mol. The fourth-order valence-electron chi connectivity index (χ4n) is 5.69. The van der Waals surface area contributed by atoms with Crippen LogP contribution in [0.25, 0.3) is 38.9 Å². The van der Waals surface area contributed by atoms with Gasteiger partial charge in [-0.25, -0.2) is 14.4 Å². The Hall–Kier alpha value is -3.84. The van der Waals surface area contributed by atoms with Crippen molar-refractivity contribution in [2.75, 3.05) is 31.1 Å². The average Bonchev–Trinajstić information content (AvgIpc) is 3.59. The minimum Gasteiger partial charge on any atom is -0.356 e. The first-order chi connectivity index (χ1) is 17.1. The molecule has 0 saturated carbocycles. The number of halogens is 1. The predicted octanol–water partition coefficient (Wildman–Crippen LogP) is 4.71. The van der Waals surface area contributed by atoms with Crippen LogP contribution in [0.5, 0.6) is 0 Å². The number of aryl methyl sites for hydroxylation is 1. The number of benzene rings is 1. The number of rotatable bonds is 3. The van der Waals surface area contributed by atoms with Crippen molar-refractivity contribution in [3.8, 4) is 22.4 Å². The number of anilines is 1. The van der Waals surface area contributed by atoms with Gasteiger partial charge in [0.1, 0.15) is 17.3 Å². The Labute approximate surface area is 202 Å². The third-order valence-corrected chi connectivity index (χ3v) is 7.48. The van der Waals surface area contributed by atoms with E-state index >= 15 is 0 Å². The maximum atomic E-state index is 14.0. The Kier molecular flexibility index (Phi) is 4.60. The number of nitrogens with zero attached hydrogens (tertiary/aromatic N) is 5. The summed E-state index contributed by atoms with van der Waals surface area (Å²) in [6.07, 6.45) is 5.83. The summed E-state index contributed by atoms with van der Waals surface area (Å²) in [5.41, 5.74) is 6.46. The molecular weight excluding hydrogens is 439 g/mol. The largest absolute Gasteiger partial charge is 0.356 e. The number of fused-ring (bicyclic) bond motifs is 3. The Morgan fingerprint density at radius 1 is 0.914 bits per heavy atom. The molecule has 4 aromatic heterocycles. The lowest BCUT2D eigenvalue weighted by Crippen LogP contribution is -2.26. The molecule has 1 aromatic carbocycles. The minimum absolute atomic E-state index is 0.273. The Bertz CT molecular complexity index is 1560. The lowest BCUT2D eigenvalue weighted by Gasteiger charge is -2.18. The molecule has 0 bridgehead atoms. The van der Waals surface area contributed by atoms with E-state index in [2.05, 4.69) is 44.5 Å². The quantitative estimate of drug-likeness (QED) is 0.419. The van der Waals surface area contributed by atoms with Gasteiger partial charge in [-0.2, -0.15) is 0 Å². The molecule has 2 atom stereocenters. The van der Waals surface area contributed by atoms with E-state index < -0.39 is 0 Å². The molecule has 2 aliphatic rings. The highest BCUT2D eigenvalue weighted by Crippen LogP contribution is 2.32. The van der Waals surface area contributed by atoms with Gasteiger partial charge in [0.15, 0.2) is 0 Å². The molecule has 0 spiro atoms. The summed E-state index contributed by atoms with van der Waals surface area (Å²) in [5.74, 6) is 2.27. The van der Waals surface area contributed by atoms with Crippen molar-refractivity contribution in [1.82, 2.24) is 24.7 Å². The van der Waals surface area contributed by atoms with Crippen molar-refractivity contribution in [3.05, 3.63) is 78.6 Å². The molecular formula is C28H25FN6. The number of hydrogen-bond acceptors (Lipinski definition) is 5. The molecule has 6 heterocycles. The maximum absolute atomic E-state index is 14.0. The molecule has 174 valence electrons. The van der Waals surface area contributed by atoms with Crippen LogP contribution < -0.4 is 10.2 Å². The molecule has 2 unspecified atom stereocenters. The van der Waals surface area contributed by atoms with Crippen LogP contribution in [0.15, 0.2) is 67.1 Å². The fraction of sp³-hybridized carbons (Fsp3) is 0.250. The standard InChI is InChI=1S/C28H25FN6/c1-17-8-24(23-10-22(29)3-4-25(23)33-17)26-14-32-28-9-18(6-7-35(26)28)19-2-5-27(31-13-19)34-15-20-11-30-12-21(20)16-34/h2-10,13-14,20-21,30H,11-12,15-16H2,1H3. The van der Waals surface area contributed by atoms with Gasteiger partial charge in [0.2, 0.25) is 0 Å². The Balaban J connectivity index is 1.22. The minimum atomic E-state index is -0.273. The summed E-state index contributed by atoms with van der Waals surface area (Å²) in [4.78, 5) is 16.4. The van der Waals surface area contributed by atoms with E-state index in [0.717, 1.165) is 88.5 Å². The molecule has 7 heteroatoms. The molecule has 0 aliphatic carbocycles. The second-order valence-electron chi connectivity index (χ2n) is 9.75. The molecule has 6 nitrogen and oxygen atoms in total. The fourth-order valence-corrected chi connectivity index (χ4v) is 5.69. The number of nitrogens with one attached hydrogen (secondary N) is 1. The summed E-state index contributed by atoms with van der Waals surface area (Å²) >= 11 is 0. The molecule has 5 aromatic rings. The molecule has 2 aliphatic heterocycles. The van der Waals surface area contributed by atoms with Crippen LogP contribution in [-0.2, 0) is 0 Å². The van der Waals surface area contributed by atoms with Gasteiger partial charge in [-0.05, 0) is 72.9 Å². The first-order valence-corrected chi connectivity index (χ1v) is 12.1. The summed E-state index contributed by atoms with van der Waals surface area (Å²) < 4.78 is 16.1. The smallest absolute Gasteiger partial charge is 0.137 e. The van der Waals surface area contributed by atoms with Gasteiger partial charge in [-0.1, -0.05) is 0 Å². The van der Waals surface area contributed by atoms with E-state index in [1.807, 2.05) is 36.0 Å². The molecule has 2 saturated heterocycles. The van der Waals surface area contributed by atoms with Gasteiger partial charge in [0, 0.05) is 60.8 Å². The van der Waals surface area contributed by atoms with Crippen molar-refractivity contribution in [3.63, 3.8) is 0 Å². The van der Waals surface area contributed by atoms with Gasteiger partial charge in [0.25, 0.3) is 0 Å². The first kappa shape index (κ1) is 20.5. The van der Waals surface area contributed by atoms with Crippen LogP contribution in [0.2, 0.25) is 0 Å². The van der Waals surface area contributed by atoms with Crippen molar-refractivity contribution in [1.29, 1.82) is 0 Å². The highest BCUT2D eigenvalue weighted by molar-refractivity contribution is 5.94. The van der Waals surface area contributed by atoms with Gasteiger partial charge >= 0.3 is 0 Å². The third-order valence-electron chi connectivity index (χ3n) is 7.48. The van der Waals surface area contributed by atoms with Gasteiger partial charge in [0.05, 0.1) is 17.4 Å². The van der Waals surface area contributed by atoms with Crippen LogP contribution in [0.1, 0.15) is 5.69 Å². The monoisotopic (exact) mass is 464 g/mol. The lowest BCUT2D eigenvalue weighted by atomic mass is 10.0. The van der Waals surface area contributed by atoms with Gasteiger partial charge in [-0.3, -0.25) is 9.38 Å². The van der Waals surface area contributed by atoms with Crippen molar-refractivity contribution in [2.24, 2.45) is 11.8 Å². The van der Waals surface area contributed by atoms with E-state index in [4.69, 9.17) is 4.98 Å². The number of hydrogen-bond donors (Lipinski definition) is 1. The molecule has 0 radical (unpaired) electrons. The lowest BCUT2D eigenvalue weighted by molar-refractivity contribution is 0.533. The zero-order valence-corrected chi connectivity index (χ0v) is 19.4. The molecule has 1 N–H and O–H groups in total. The van der Waals surface area contributed by atoms with Crippen LogP contribution in [-0.4, -0.2) is 45.5 Å². The maximum Gasteiger partial charge on any atom is 0.137 e. The van der Waals surface area contributed by atoms with E-state index in [1.165, 1.54) is 6.07 Å². The van der Waals surface area contributed by atoms with Gasteiger partial charge in [-0.15, -0.1) is 0 Å². The van der Waals surface area contributed by atoms with Crippen LogP contribution in [0.3, 0.4) is 0 Å². The highest BCUT2D eigenvalue weighted by atomic mass is 19.1. The van der Waals surface area contributed by atoms with Crippen LogP contribution >= 0.6 is 0 Å². The second-order valence-corrected chi connectivity index (χ2v) is 9.75. The first-order valence-electron chi connectivity index (χ1n) is 12.1. The van der Waals surface area contributed by atoms with E-state index in [0.29, 0.717) is 0 Å². The molecule has 0 amide bonds. The topological polar surface area (TPSA) is 58.4 Å². The third kappa shape index (κ3) is 3.46. The Morgan fingerprint density at radius 2 is 1.77 bits per heavy atom. The zero-order valence-electron chi connectivity index (χ0n) is 19.4. The molecule has 35 heavy (non-hydrogen) atoms. The number of aromatic nitrogens is 4. The molecule has 7 rings (SSSR count). The Morgan fingerprint density at radius 3 is 2.57 bits per heavy atom. The normalized spacial score (nSPS) is 19.7. The SMILES string of the molecule is Cc1cc(-c2cnc3cc(-c4ccc(N5CC6CNCC6C5)nc4)ccn23)c2cc(F)ccc2n1. The zero-order chi connectivity index (χ0) is 23.5. The summed E-state index contributed by atoms with van der Waals surface area (Å²) in [6, 6.07) is 15.1. The second kappa shape index (κ2) is 7.85. The van der Waals surface area contributed by atoms with E-state index in [9.17, 15) is 4.39 Å². The van der Waals surface area contributed by atoms with Crippen molar-refractivity contribution in [2.45, 2.75) is 6.92 Å². The molecule has 2 fully saturated rings. The van der Waals surface area contributed by atoms with Crippen molar-refractivity contribution < 1.29 is 4.39 Å². The van der Waals surface area contributed by atoms with E-state index in [1.54, 1.807) is 12.1 Å². The van der Waals surface area contributed by atoms with Gasteiger partial charge < -0.3 is 10.2 Å². The van der Waals surface area contributed by atoms with Crippen LogP contribution in [0.4, 0.5) is 10.2 Å². The number of imidazole rings is 1. The summed E-state index contributed by atoms with van der Waals surface area (Å²) in [5, 5.41) is 4.27.